The van der Waals surface area contributed by atoms with Gasteiger partial charge in [0.15, 0.2) is 11.5 Å². The van der Waals surface area contributed by atoms with Crippen LogP contribution in [0.3, 0.4) is 0 Å². The molecule has 0 amide bonds. The quantitative estimate of drug-likeness (QED) is 0.856. The van der Waals surface area contributed by atoms with Gasteiger partial charge < -0.3 is 14.8 Å². The monoisotopic (exact) mass is 303 g/mol. The maximum absolute atomic E-state index is 5.36. The molecule has 2 aromatic carbocycles. The third-order valence-corrected chi connectivity index (χ3v) is 3.14. The molecular weight excluding hydrogens is 286 g/mol. The van der Waals surface area contributed by atoms with Crippen molar-refractivity contribution in [3.05, 3.63) is 65.7 Å². The van der Waals surface area contributed by atoms with Crippen LogP contribution >= 0.6 is 12.4 Å². The lowest BCUT2D eigenvalue weighted by molar-refractivity contribution is 0.174. The van der Waals surface area contributed by atoms with Crippen LogP contribution in [-0.4, -0.2) is 13.3 Å². The third-order valence-electron chi connectivity index (χ3n) is 3.14. The maximum Gasteiger partial charge on any atom is 0.231 e. The smallest absolute Gasteiger partial charge is 0.231 e. The number of fused-ring (bicyclic) bond motifs is 1. The molecule has 110 valence electrons. The maximum atomic E-state index is 5.36. The van der Waals surface area contributed by atoms with Gasteiger partial charge in [0.25, 0.3) is 0 Å². The zero-order chi connectivity index (χ0) is 13.6. The predicted octanol–water partition coefficient (Wildman–Crippen LogP) is 3.64. The fraction of sp³-hybridized carbons (Fsp3) is 0.176. The van der Waals surface area contributed by atoms with E-state index >= 15 is 0 Å². The van der Waals surface area contributed by atoms with E-state index in [1.54, 1.807) is 0 Å². The van der Waals surface area contributed by atoms with Crippen molar-refractivity contribution in [2.45, 2.75) is 6.54 Å². The van der Waals surface area contributed by atoms with Crippen LogP contribution in [0.15, 0.2) is 54.6 Å². The molecule has 1 aliphatic rings. The highest BCUT2D eigenvalue weighted by Gasteiger charge is 2.12. The molecule has 0 saturated heterocycles. The summed E-state index contributed by atoms with van der Waals surface area (Å²) >= 11 is 0. The summed E-state index contributed by atoms with van der Waals surface area (Å²) in [4.78, 5) is 0. The molecule has 0 spiro atoms. The summed E-state index contributed by atoms with van der Waals surface area (Å²) < 4.78 is 10.7. The Morgan fingerprint density at radius 3 is 2.67 bits per heavy atom. The Balaban J connectivity index is 0.00000161. The van der Waals surface area contributed by atoms with Crippen LogP contribution < -0.4 is 14.8 Å². The van der Waals surface area contributed by atoms with Crippen LogP contribution in [0.4, 0.5) is 0 Å². The Morgan fingerprint density at radius 1 is 1.00 bits per heavy atom. The van der Waals surface area contributed by atoms with E-state index in [4.69, 9.17) is 9.47 Å². The molecule has 0 radical (unpaired) electrons. The Morgan fingerprint density at radius 2 is 1.81 bits per heavy atom. The van der Waals surface area contributed by atoms with E-state index in [9.17, 15) is 0 Å². The first-order chi connectivity index (χ1) is 9.92. The lowest BCUT2D eigenvalue weighted by Gasteiger charge is -2.03. The van der Waals surface area contributed by atoms with Crippen molar-refractivity contribution in [1.29, 1.82) is 0 Å². The molecule has 21 heavy (non-hydrogen) atoms. The first-order valence-electron chi connectivity index (χ1n) is 6.73. The van der Waals surface area contributed by atoms with E-state index < -0.39 is 0 Å². The molecule has 1 heterocycles. The first kappa shape index (κ1) is 15.4. The van der Waals surface area contributed by atoms with Crippen LogP contribution in [0.1, 0.15) is 11.1 Å². The first-order valence-corrected chi connectivity index (χ1v) is 6.73. The minimum absolute atomic E-state index is 0. The highest BCUT2D eigenvalue weighted by atomic mass is 35.5. The fourth-order valence-electron chi connectivity index (χ4n) is 2.11. The Hall–Kier alpha value is -1.97. The van der Waals surface area contributed by atoms with Crippen LogP contribution in [-0.2, 0) is 6.54 Å². The SMILES string of the molecule is C(=Cc1ccccc1)CNCc1ccc2c(c1)OCO2.Cl. The summed E-state index contributed by atoms with van der Waals surface area (Å²) in [7, 11) is 0. The number of hydrogen-bond acceptors (Lipinski definition) is 3. The van der Waals surface area contributed by atoms with Crippen LogP contribution in [0.5, 0.6) is 11.5 Å². The minimum Gasteiger partial charge on any atom is -0.454 e. The topological polar surface area (TPSA) is 30.5 Å². The van der Waals surface area contributed by atoms with Crippen LogP contribution in [0.2, 0.25) is 0 Å². The van der Waals surface area contributed by atoms with E-state index in [0.717, 1.165) is 24.6 Å². The molecule has 2 aromatic rings. The van der Waals surface area contributed by atoms with Gasteiger partial charge in [0, 0.05) is 13.1 Å². The van der Waals surface area contributed by atoms with Crippen LogP contribution in [0, 0.1) is 0 Å². The normalized spacial score (nSPS) is 12.4. The van der Waals surface area contributed by atoms with Gasteiger partial charge in [-0.3, -0.25) is 0 Å². The molecule has 4 heteroatoms. The van der Waals surface area contributed by atoms with Gasteiger partial charge in [0.05, 0.1) is 0 Å². The van der Waals surface area contributed by atoms with Crippen LogP contribution in [0.25, 0.3) is 6.08 Å². The molecule has 0 aliphatic carbocycles. The molecule has 0 aromatic heterocycles. The second-order valence-corrected chi connectivity index (χ2v) is 4.63. The molecule has 3 rings (SSSR count). The van der Waals surface area contributed by atoms with Crippen molar-refractivity contribution in [2.75, 3.05) is 13.3 Å². The zero-order valence-electron chi connectivity index (χ0n) is 11.6. The summed E-state index contributed by atoms with van der Waals surface area (Å²) in [6, 6.07) is 16.3. The van der Waals surface area contributed by atoms with Gasteiger partial charge in [-0.25, -0.2) is 0 Å². The largest absolute Gasteiger partial charge is 0.454 e. The van der Waals surface area contributed by atoms with E-state index in [1.807, 2.05) is 30.3 Å². The molecule has 1 aliphatic heterocycles. The van der Waals surface area contributed by atoms with Gasteiger partial charge in [-0.15, -0.1) is 12.4 Å². The van der Waals surface area contributed by atoms with Crippen molar-refractivity contribution in [3.63, 3.8) is 0 Å². The van der Waals surface area contributed by atoms with E-state index in [-0.39, 0.29) is 12.4 Å². The predicted molar refractivity (Wildman–Crippen MR) is 87.0 cm³/mol. The minimum atomic E-state index is 0. The van der Waals surface area contributed by atoms with Gasteiger partial charge in [-0.05, 0) is 23.3 Å². The summed E-state index contributed by atoms with van der Waals surface area (Å²) in [5.41, 5.74) is 2.42. The Labute approximate surface area is 131 Å². The van der Waals surface area contributed by atoms with Crippen molar-refractivity contribution in [2.24, 2.45) is 0 Å². The Kier molecular flexibility index (Phi) is 5.67. The molecular formula is C17H18ClNO2. The second kappa shape index (κ2) is 7.72. The molecule has 0 fully saturated rings. The molecule has 0 unspecified atom stereocenters. The number of ether oxygens (including phenoxy) is 2. The van der Waals surface area contributed by atoms with Crippen molar-refractivity contribution in [3.8, 4) is 11.5 Å². The standard InChI is InChI=1S/C17H17NO2.ClH/c1-2-5-14(6-3-1)7-4-10-18-12-15-8-9-16-17(11-15)20-13-19-16;/h1-9,11,18H,10,12-13H2;1H. The molecule has 0 bridgehead atoms. The lowest BCUT2D eigenvalue weighted by atomic mass is 10.2. The second-order valence-electron chi connectivity index (χ2n) is 4.63. The van der Waals surface area contributed by atoms with E-state index in [2.05, 4.69) is 35.7 Å². The summed E-state index contributed by atoms with van der Waals surface area (Å²) in [5.74, 6) is 1.67. The number of halogens is 1. The fourth-order valence-corrected chi connectivity index (χ4v) is 2.11. The van der Waals surface area contributed by atoms with Gasteiger partial charge in [0.1, 0.15) is 0 Å². The van der Waals surface area contributed by atoms with E-state index in [0.29, 0.717) is 6.79 Å². The zero-order valence-corrected chi connectivity index (χ0v) is 12.4. The average molecular weight is 304 g/mol. The Bertz CT molecular complexity index is 599. The summed E-state index contributed by atoms with van der Waals surface area (Å²) in [6.07, 6.45) is 4.24. The summed E-state index contributed by atoms with van der Waals surface area (Å²) in [6.45, 7) is 1.98. The third kappa shape index (κ3) is 4.25. The van der Waals surface area contributed by atoms with Crippen molar-refractivity contribution >= 4 is 18.5 Å². The van der Waals surface area contributed by atoms with Gasteiger partial charge in [-0.1, -0.05) is 48.6 Å². The number of nitrogens with one attached hydrogen (secondary N) is 1. The number of benzene rings is 2. The van der Waals surface area contributed by atoms with Crippen molar-refractivity contribution in [1.82, 2.24) is 5.32 Å². The average Bonchev–Trinajstić information content (AvgIpc) is 2.95. The molecule has 0 saturated carbocycles. The molecule has 1 N–H and O–H groups in total. The van der Waals surface area contributed by atoms with Gasteiger partial charge >= 0.3 is 0 Å². The van der Waals surface area contributed by atoms with E-state index in [1.165, 1.54) is 11.1 Å². The molecule has 3 nitrogen and oxygen atoms in total. The highest BCUT2D eigenvalue weighted by Crippen LogP contribution is 2.32. The number of hydrogen-bond donors (Lipinski definition) is 1. The van der Waals surface area contributed by atoms with Crippen molar-refractivity contribution < 1.29 is 9.47 Å². The number of rotatable bonds is 5. The summed E-state index contributed by atoms with van der Waals surface area (Å²) in [5, 5.41) is 3.38. The highest BCUT2D eigenvalue weighted by molar-refractivity contribution is 5.85. The van der Waals surface area contributed by atoms with Gasteiger partial charge in [0.2, 0.25) is 6.79 Å². The molecule has 0 atom stereocenters. The lowest BCUT2D eigenvalue weighted by Crippen LogP contribution is -2.12. The van der Waals surface area contributed by atoms with Gasteiger partial charge in [-0.2, -0.15) is 0 Å².